The third-order valence-corrected chi connectivity index (χ3v) is 3.71. The van der Waals surface area contributed by atoms with Crippen LogP contribution in [0.4, 0.5) is 13.2 Å². The predicted molar refractivity (Wildman–Crippen MR) is 66.7 cm³/mol. The van der Waals surface area contributed by atoms with Gasteiger partial charge in [-0.25, -0.2) is 0 Å². The number of piperazine rings is 1. The maximum atomic E-state index is 12.2. The minimum Gasteiger partial charge on any atom is -0.315 e. The van der Waals surface area contributed by atoms with Gasteiger partial charge in [0.2, 0.25) is 0 Å². The molecule has 0 spiro atoms. The molecular formula is C12H24F3N3. The molecule has 108 valence electrons. The van der Waals surface area contributed by atoms with Crippen LogP contribution in [0, 0.1) is 0 Å². The molecule has 1 rings (SSSR count). The molecule has 1 heterocycles. The molecule has 1 aliphatic heterocycles. The first-order valence-corrected chi connectivity index (χ1v) is 6.46. The molecule has 2 atom stereocenters. The Balaban J connectivity index is 2.44. The van der Waals surface area contributed by atoms with Crippen LogP contribution in [-0.2, 0) is 0 Å². The van der Waals surface area contributed by atoms with E-state index in [0.717, 1.165) is 19.6 Å². The van der Waals surface area contributed by atoms with E-state index in [-0.39, 0.29) is 12.5 Å². The number of nitrogens with one attached hydrogen (secondary N) is 1. The largest absolute Gasteiger partial charge is 0.389 e. The van der Waals surface area contributed by atoms with Crippen molar-refractivity contribution in [2.24, 2.45) is 0 Å². The Morgan fingerprint density at radius 1 is 1.28 bits per heavy atom. The number of hydrogen-bond acceptors (Lipinski definition) is 3. The number of likely N-dealkylation sites (N-methyl/N-ethyl adjacent to an activating group) is 3. The van der Waals surface area contributed by atoms with Crippen LogP contribution in [0.15, 0.2) is 0 Å². The molecule has 18 heavy (non-hydrogen) atoms. The molecule has 0 bridgehead atoms. The molecule has 1 N–H and O–H groups in total. The first-order valence-electron chi connectivity index (χ1n) is 6.46. The zero-order valence-electron chi connectivity index (χ0n) is 11.4. The highest BCUT2D eigenvalue weighted by atomic mass is 19.4. The van der Waals surface area contributed by atoms with E-state index in [1.165, 1.54) is 0 Å². The number of rotatable bonds is 5. The van der Waals surface area contributed by atoms with Crippen molar-refractivity contribution < 1.29 is 13.2 Å². The standard InChI is InChI=1S/C12H24F3N3/c1-16-10(5-4-6-12(13,14)15)11-9-17(2)7-8-18(11)3/h10-11,16H,4-9H2,1-3H3. The molecule has 6 heteroatoms. The Bertz CT molecular complexity index is 245. The number of hydrogen-bond donors (Lipinski definition) is 1. The molecule has 0 saturated carbocycles. The first-order chi connectivity index (χ1) is 8.33. The smallest absolute Gasteiger partial charge is 0.315 e. The van der Waals surface area contributed by atoms with Crippen molar-refractivity contribution in [1.29, 1.82) is 0 Å². The van der Waals surface area contributed by atoms with Gasteiger partial charge in [-0.3, -0.25) is 4.90 Å². The summed E-state index contributed by atoms with van der Waals surface area (Å²) >= 11 is 0. The molecule has 2 unspecified atom stereocenters. The quantitative estimate of drug-likeness (QED) is 0.815. The molecule has 0 aromatic heterocycles. The van der Waals surface area contributed by atoms with E-state index in [1.54, 1.807) is 0 Å². The van der Waals surface area contributed by atoms with Crippen LogP contribution in [0.2, 0.25) is 0 Å². The summed E-state index contributed by atoms with van der Waals surface area (Å²) in [6.07, 6.45) is -3.95. The minimum atomic E-state index is -4.03. The Morgan fingerprint density at radius 2 is 1.94 bits per heavy atom. The van der Waals surface area contributed by atoms with Crippen LogP contribution >= 0.6 is 0 Å². The minimum absolute atomic E-state index is 0.125. The SMILES string of the molecule is CNC(CCCC(F)(F)F)C1CN(C)CCN1C. The van der Waals surface area contributed by atoms with Gasteiger partial charge in [0.25, 0.3) is 0 Å². The lowest BCUT2D eigenvalue weighted by atomic mass is 9.98. The highest BCUT2D eigenvalue weighted by Gasteiger charge is 2.31. The van der Waals surface area contributed by atoms with Crippen LogP contribution in [0.1, 0.15) is 19.3 Å². The number of nitrogens with zero attached hydrogens (tertiary/aromatic N) is 2. The lowest BCUT2D eigenvalue weighted by molar-refractivity contribution is -0.136. The average molecular weight is 267 g/mol. The summed E-state index contributed by atoms with van der Waals surface area (Å²) < 4.78 is 36.5. The lowest BCUT2D eigenvalue weighted by Crippen LogP contribution is -2.58. The van der Waals surface area contributed by atoms with E-state index in [1.807, 2.05) is 14.1 Å². The lowest BCUT2D eigenvalue weighted by Gasteiger charge is -2.42. The predicted octanol–water partition coefficient (Wildman–Crippen LogP) is 1.55. The fourth-order valence-corrected chi connectivity index (χ4v) is 2.53. The van der Waals surface area contributed by atoms with Gasteiger partial charge in [0.05, 0.1) is 0 Å². The Hall–Kier alpha value is -0.330. The van der Waals surface area contributed by atoms with Gasteiger partial charge in [-0.15, -0.1) is 0 Å². The molecule has 1 aliphatic rings. The highest BCUT2D eigenvalue weighted by Crippen LogP contribution is 2.24. The third kappa shape index (κ3) is 5.12. The normalized spacial score (nSPS) is 25.3. The summed E-state index contributed by atoms with van der Waals surface area (Å²) in [6, 6.07) is 0.419. The van der Waals surface area contributed by atoms with Crippen LogP contribution in [0.5, 0.6) is 0 Å². The van der Waals surface area contributed by atoms with E-state index in [9.17, 15) is 13.2 Å². The third-order valence-electron chi connectivity index (χ3n) is 3.71. The first kappa shape index (κ1) is 15.7. The molecule has 0 aliphatic carbocycles. The average Bonchev–Trinajstić information content (AvgIpc) is 2.27. The van der Waals surface area contributed by atoms with Crippen molar-refractivity contribution in [2.75, 3.05) is 40.8 Å². The van der Waals surface area contributed by atoms with Gasteiger partial charge >= 0.3 is 6.18 Å². The summed E-state index contributed by atoms with van der Waals surface area (Å²) in [5, 5.41) is 3.17. The second kappa shape index (κ2) is 6.73. The summed E-state index contributed by atoms with van der Waals surface area (Å²) in [5.41, 5.74) is 0. The van der Waals surface area contributed by atoms with Crippen molar-refractivity contribution in [3.63, 3.8) is 0 Å². The Kier molecular flexibility index (Phi) is 5.88. The fraction of sp³-hybridized carbons (Fsp3) is 1.00. The van der Waals surface area contributed by atoms with Gasteiger partial charge in [0, 0.05) is 38.1 Å². The van der Waals surface area contributed by atoms with Gasteiger partial charge in [0.15, 0.2) is 0 Å². The molecule has 3 nitrogen and oxygen atoms in total. The highest BCUT2D eigenvalue weighted by molar-refractivity contribution is 4.88. The van der Waals surface area contributed by atoms with Gasteiger partial charge in [-0.2, -0.15) is 13.2 Å². The van der Waals surface area contributed by atoms with Crippen molar-refractivity contribution in [2.45, 2.75) is 37.5 Å². The summed E-state index contributed by atoms with van der Waals surface area (Å²) in [6.45, 7) is 2.90. The van der Waals surface area contributed by atoms with E-state index < -0.39 is 12.6 Å². The zero-order chi connectivity index (χ0) is 13.8. The van der Waals surface area contributed by atoms with E-state index in [0.29, 0.717) is 12.5 Å². The molecule has 1 fully saturated rings. The number of alkyl halides is 3. The van der Waals surface area contributed by atoms with Gasteiger partial charge in [0.1, 0.15) is 0 Å². The maximum Gasteiger partial charge on any atom is 0.389 e. The van der Waals surface area contributed by atoms with E-state index in [4.69, 9.17) is 0 Å². The monoisotopic (exact) mass is 267 g/mol. The fourth-order valence-electron chi connectivity index (χ4n) is 2.53. The van der Waals surface area contributed by atoms with Gasteiger partial charge in [-0.05, 0) is 34.0 Å². The molecular weight excluding hydrogens is 243 g/mol. The maximum absolute atomic E-state index is 12.2. The molecule has 0 radical (unpaired) electrons. The molecule has 1 saturated heterocycles. The van der Waals surface area contributed by atoms with Crippen LogP contribution < -0.4 is 5.32 Å². The second-order valence-electron chi connectivity index (χ2n) is 5.21. The van der Waals surface area contributed by atoms with Crippen LogP contribution in [0.25, 0.3) is 0 Å². The van der Waals surface area contributed by atoms with Crippen molar-refractivity contribution >= 4 is 0 Å². The Labute approximate surface area is 107 Å². The summed E-state index contributed by atoms with van der Waals surface area (Å²) in [4.78, 5) is 4.48. The molecule has 0 aromatic carbocycles. The Morgan fingerprint density at radius 3 is 2.50 bits per heavy atom. The van der Waals surface area contributed by atoms with Crippen molar-refractivity contribution in [1.82, 2.24) is 15.1 Å². The van der Waals surface area contributed by atoms with Crippen LogP contribution in [0.3, 0.4) is 0 Å². The van der Waals surface area contributed by atoms with Gasteiger partial charge in [-0.1, -0.05) is 0 Å². The summed E-state index contributed by atoms with van der Waals surface area (Å²) in [7, 11) is 5.94. The van der Waals surface area contributed by atoms with Gasteiger partial charge < -0.3 is 10.2 Å². The zero-order valence-corrected chi connectivity index (χ0v) is 11.4. The molecule has 0 amide bonds. The summed E-state index contributed by atoms with van der Waals surface area (Å²) in [5.74, 6) is 0. The molecule has 0 aromatic rings. The second-order valence-corrected chi connectivity index (χ2v) is 5.21. The number of halogens is 3. The van der Waals surface area contributed by atoms with E-state index in [2.05, 4.69) is 22.2 Å². The van der Waals surface area contributed by atoms with Crippen molar-refractivity contribution in [3.05, 3.63) is 0 Å². The topological polar surface area (TPSA) is 18.5 Å². The van der Waals surface area contributed by atoms with Crippen LogP contribution in [-0.4, -0.2) is 68.8 Å². The van der Waals surface area contributed by atoms with E-state index >= 15 is 0 Å². The van der Waals surface area contributed by atoms with Crippen molar-refractivity contribution in [3.8, 4) is 0 Å².